The van der Waals surface area contributed by atoms with Gasteiger partial charge in [0.1, 0.15) is 0 Å². The van der Waals surface area contributed by atoms with E-state index in [0.29, 0.717) is 28.8 Å². The van der Waals surface area contributed by atoms with E-state index in [1.165, 1.54) is 51.4 Å². The van der Waals surface area contributed by atoms with Crippen molar-refractivity contribution >= 4 is 23.6 Å². The van der Waals surface area contributed by atoms with Crippen LogP contribution >= 0.6 is 0 Å². The van der Waals surface area contributed by atoms with Crippen LogP contribution in [0, 0.1) is 38.0 Å². The predicted molar refractivity (Wildman–Crippen MR) is 180 cm³/mol. The molecule has 6 heteroatoms. The standard InChI is InChI=1S/C20H19N3O3.C9H20.C3H8.C2H6.C2H2/c1-13-8-16(12-21)10-17(9-13)20(25)22-18-5-4-14(2)19(11-18)15(3)23-26-7-6-24;1-3-5-7-9-8-6-4-2;1-3-2;2*1-2/h4-6,8-11H,7H2,1-3H3,(H,22,25);3-9H2,1-2H3;3H2,1-2H3;1-2H3;1-2H/b23-15+;;;;. The van der Waals surface area contributed by atoms with Gasteiger partial charge in [-0.15, -0.1) is 12.8 Å². The van der Waals surface area contributed by atoms with Crippen LogP contribution in [-0.2, 0) is 9.63 Å². The number of hydrogen-bond donors (Lipinski definition) is 1. The molecule has 0 spiro atoms. The lowest BCUT2D eigenvalue weighted by Gasteiger charge is -2.10. The number of benzene rings is 2. The normalized spacial score (nSPS) is 9.43. The molecule has 1 N–H and O–H groups in total. The van der Waals surface area contributed by atoms with Crippen molar-refractivity contribution in [3.05, 3.63) is 64.2 Å². The second-order valence-corrected chi connectivity index (χ2v) is 9.30. The van der Waals surface area contributed by atoms with Gasteiger partial charge in [-0.3, -0.25) is 9.59 Å². The van der Waals surface area contributed by atoms with Crippen molar-refractivity contribution in [3.8, 4) is 18.9 Å². The number of carbonyl (C=O) groups excluding carboxylic acids is 2. The number of unbranched alkanes of at least 4 members (excludes halogenated alkanes) is 6. The van der Waals surface area contributed by atoms with E-state index >= 15 is 0 Å². The SMILES string of the molecule is C#C.C/C(=N\OCC=O)c1cc(NC(=O)c2cc(C)cc(C#N)c2)ccc1C.CC.CCC.CCCCCCCCC. The lowest BCUT2D eigenvalue weighted by Crippen LogP contribution is -2.13. The summed E-state index contributed by atoms with van der Waals surface area (Å²) in [6, 6.07) is 12.5. The number of oxime groups is 1. The van der Waals surface area contributed by atoms with Crippen molar-refractivity contribution in [2.24, 2.45) is 5.16 Å². The van der Waals surface area contributed by atoms with Gasteiger partial charge in [-0.05, 0) is 62.2 Å². The van der Waals surface area contributed by atoms with E-state index in [1.54, 1.807) is 37.3 Å². The van der Waals surface area contributed by atoms with Crippen LogP contribution in [-0.4, -0.2) is 24.5 Å². The molecule has 2 aromatic carbocycles. The molecule has 0 fully saturated rings. The molecule has 232 valence electrons. The fourth-order valence-corrected chi connectivity index (χ4v) is 3.52. The summed E-state index contributed by atoms with van der Waals surface area (Å²) in [4.78, 5) is 27.7. The summed E-state index contributed by atoms with van der Waals surface area (Å²) in [7, 11) is 0. The molecule has 1 amide bonds. The highest BCUT2D eigenvalue weighted by molar-refractivity contribution is 6.06. The summed E-state index contributed by atoms with van der Waals surface area (Å²) in [5, 5.41) is 15.8. The maximum atomic E-state index is 12.5. The van der Waals surface area contributed by atoms with Crippen LogP contribution in [0.25, 0.3) is 0 Å². The molecule has 0 radical (unpaired) electrons. The number of anilines is 1. The first-order chi connectivity index (χ1) is 20.3. The average molecular weight is 578 g/mol. The predicted octanol–water partition coefficient (Wildman–Crippen LogP) is 9.82. The summed E-state index contributed by atoms with van der Waals surface area (Å²) < 4.78 is 0. The van der Waals surface area contributed by atoms with Crippen molar-refractivity contribution in [1.82, 2.24) is 0 Å². The van der Waals surface area contributed by atoms with E-state index in [4.69, 9.17) is 10.1 Å². The van der Waals surface area contributed by atoms with E-state index in [9.17, 15) is 9.59 Å². The van der Waals surface area contributed by atoms with Gasteiger partial charge in [0.05, 0.1) is 17.3 Å². The van der Waals surface area contributed by atoms with Gasteiger partial charge in [0, 0.05) is 16.8 Å². The number of hydrogen-bond acceptors (Lipinski definition) is 5. The third-order valence-corrected chi connectivity index (χ3v) is 5.41. The molecule has 0 heterocycles. The highest BCUT2D eigenvalue weighted by Crippen LogP contribution is 2.18. The molecule has 2 aromatic rings. The fraction of sp³-hybridized carbons (Fsp3) is 0.500. The number of nitrogens with one attached hydrogen (secondary N) is 1. The van der Waals surface area contributed by atoms with E-state index < -0.39 is 0 Å². The van der Waals surface area contributed by atoms with Crippen molar-refractivity contribution in [2.75, 3.05) is 11.9 Å². The Kier molecular flexibility index (Phi) is 30.5. The minimum Gasteiger partial charge on any atom is -0.388 e. The topological polar surface area (TPSA) is 91.5 Å². The Balaban J connectivity index is -0.000000792. The van der Waals surface area contributed by atoms with E-state index in [1.807, 2.05) is 39.8 Å². The Morgan fingerprint density at radius 2 is 1.50 bits per heavy atom. The van der Waals surface area contributed by atoms with Gasteiger partial charge in [-0.2, -0.15) is 5.26 Å². The molecule has 42 heavy (non-hydrogen) atoms. The number of rotatable bonds is 12. The number of terminal acetylenes is 1. The summed E-state index contributed by atoms with van der Waals surface area (Å²) in [5.41, 5.74) is 4.66. The van der Waals surface area contributed by atoms with Crippen LogP contribution in [0.15, 0.2) is 41.6 Å². The van der Waals surface area contributed by atoms with Crippen molar-refractivity contribution in [3.63, 3.8) is 0 Å². The molecule has 0 bridgehead atoms. The van der Waals surface area contributed by atoms with Gasteiger partial charge in [-0.1, -0.05) is 104 Å². The lowest BCUT2D eigenvalue weighted by molar-refractivity contribution is -0.111. The van der Waals surface area contributed by atoms with Crippen LogP contribution in [0.3, 0.4) is 0 Å². The van der Waals surface area contributed by atoms with Crippen molar-refractivity contribution in [2.45, 2.75) is 114 Å². The van der Waals surface area contributed by atoms with Crippen LogP contribution in [0.5, 0.6) is 0 Å². The maximum absolute atomic E-state index is 12.5. The maximum Gasteiger partial charge on any atom is 0.255 e. The van der Waals surface area contributed by atoms with Gasteiger partial charge in [-0.25, -0.2) is 0 Å². The van der Waals surface area contributed by atoms with Gasteiger partial charge in [0.2, 0.25) is 0 Å². The molecule has 0 saturated carbocycles. The number of aryl methyl sites for hydroxylation is 2. The Morgan fingerprint density at radius 1 is 0.952 bits per heavy atom. The van der Waals surface area contributed by atoms with E-state index in [2.05, 4.69) is 51.0 Å². The van der Waals surface area contributed by atoms with Crippen molar-refractivity contribution in [1.29, 1.82) is 5.26 Å². The number of aldehydes is 1. The second kappa shape index (κ2) is 30.1. The van der Waals surface area contributed by atoms with E-state index in [0.717, 1.165) is 16.7 Å². The zero-order valence-corrected chi connectivity index (χ0v) is 27.7. The van der Waals surface area contributed by atoms with Crippen LogP contribution in [0.4, 0.5) is 5.69 Å². The average Bonchev–Trinajstić information content (AvgIpc) is 3.00. The molecular weight excluding hydrogens is 522 g/mol. The number of nitriles is 1. The third-order valence-electron chi connectivity index (χ3n) is 5.41. The highest BCUT2D eigenvalue weighted by atomic mass is 16.6. The zero-order valence-electron chi connectivity index (χ0n) is 27.7. The van der Waals surface area contributed by atoms with Crippen LogP contribution in [0.1, 0.15) is 132 Å². The molecule has 0 aliphatic heterocycles. The molecule has 2 rings (SSSR count). The van der Waals surface area contributed by atoms with Gasteiger partial charge >= 0.3 is 0 Å². The largest absolute Gasteiger partial charge is 0.388 e. The first kappa shape index (κ1) is 42.6. The monoisotopic (exact) mass is 577 g/mol. The summed E-state index contributed by atoms with van der Waals surface area (Å²) in [6.07, 6.45) is 19.8. The molecule has 6 nitrogen and oxygen atoms in total. The highest BCUT2D eigenvalue weighted by Gasteiger charge is 2.11. The molecule has 0 saturated heterocycles. The minimum atomic E-state index is -0.299. The first-order valence-corrected chi connectivity index (χ1v) is 15.1. The Hall–Kier alpha value is -3.90. The van der Waals surface area contributed by atoms with Gasteiger partial charge in [0.15, 0.2) is 12.9 Å². The quantitative estimate of drug-likeness (QED) is 0.0893. The van der Waals surface area contributed by atoms with Crippen LogP contribution in [0.2, 0.25) is 0 Å². The van der Waals surface area contributed by atoms with Gasteiger partial charge < -0.3 is 10.2 Å². The lowest BCUT2D eigenvalue weighted by atomic mass is 10.0. The van der Waals surface area contributed by atoms with Crippen molar-refractivity contribution < 1.29 is 14.4 Å². The summed E-state index contributed by atoms with van der Waals surface area (Å²) >= 11 is 0. The zero-order chi connectivity index (χ0) is 32.8. The minimum absolute atomic E-state index is 0.110. The van der Waals surface area contributed by atoms with E-state index in [-0.39, 0.29) is 12.5 Å². The number of carbonyl (C=O) groups is 2. The first-order valence-electron chi connectivity index (χ1n) is 15.1. The Bertz CT molecular complexity index is 1080. The Labute approximate surface area is 256 Å². The molecule has 0 atom stereocenters. The molecule has 0 unspecified atom stereocenters. The third kappa shape index (κ3) is 20.9. The smallest absolute Gasteiger partial charge is 0.255 e. The number of amides is 1. The molecule has 0 aliphatic rings. The summed E-state index contributed by atoms with van der Waals surface area (Å²) in [5.74, 6) is -0.299. The van der Waals surface area contributed by atoms with Crippen LogP contribution < -0.4 is 5.32 Å². The molecule has 0 aliphatic carbocycles. The second-order valence-electron chi connectivity index (χ2n) is 9.30. The summed E-state index contributed by atoms with van der Waals surface area (Å²) in [6.45, 7) is 18.2. The Morgan fingerprint density at radius 3 is 2.00 bits per heavy atom. The molecular formula is C36H55N3O3. The molecule has 0 aromatic heterocycles. The number of nitrogens with zero attached hydrogens (tertiary/aromatic N) is 2. The fourth-order valence-electron chi connectivity index (χ4n) is 3.52. The van der Waals surface area contributed by atoms with Gasteiger partial charge in [0.25, 0.3) is 5.91 Å².